The monoisotopic (exact) mass is 206 g/mol. The average Bonchev–Trinajstić information content (AvgIpc) is 2.62. The summed E-state index contributed by atoms with van der Waals surface area (Å²) >= 11 is 7.71. The highest BCUT2D eigenvalue weighted by Gasteiger charge is 2.18. The predicted molar refractivity (Wildman–Crippen MR) is 57.6 cm³/mol. The molecule has 0 saturated heterocycles. The van der Waals surface area contributed by atoms with Gasteiger partial charge < -0.3 is 0 Å². The number of fused-ring (bicyclic) bond motifs is 3. The highest BCUT2D eigenvalue weighted by atomic mass is 35.5. The van der Waals surface area contributed by atoms with Gasteiger partial charge in [0.1, 0.15) is 0 Å². The molecule has 0 atom stereocenters. The van der Waals surface area contributed by atoms with Crippen molar-refractivity contribution in [2.75, 3.05) is 0 Å². The van der Waals surface area contributed by atoms with Gasteiger partial charge in [-0.2, -0.15) is 11.3 Å². The summed E-state index contributed by atoms with van der Waals surface area (Å²) in [6.07, 6.45) is 1.05. The fraction of sp³-hybridized carbons (Fsp3) is 0.0909. The van der Waals surface area contributed by atoms with E-state index in [1.807, 2.05) is 6.07 Å². The van der Waals surface area contributed by atoms with Gasteiger partial charge in [-0.1, -0.05) is 17.7 Å². The van der Waals surface area contributed by atoms with Gasteiger partial charge in [0.05, 0.1) is 0 Å². The Morgan fingerprint density at radius 1 is 1.08 bits per heavy atom. The van der Waals surface area contributed by atoms with Crippen molar-refractivity contribution in [3.05, 3.63) is 45.1 Å². The van der Waals surface area contributed by atoms with Crippen LogP contribution in [0.1, 0.15) is 11.1 Å². The molecule has 0 fully saturated rings. The van der Waals surface area contributed by atoms with Gasteiger partial charge in [-0.05, 0) is 51.6 Å². The van der Waals surface area contributed by atoms with Crippen LogP contribution in [0.4, 0.5) is 0 Å². The SMILES string of the molecule is Clc1ccc2c(c1)Cc1cscc1-2. The smallest absolute Gasteiger partial charge is 0.0409 e. The van der Waals surface area contributed by atoms with E-state index >= 15 is 0 Å². The van der Waals surface area contributed by atoms with Crippen LogP contribution >= 0.6 is 22.9 Å². The molecule has 1 heterocycles. The van der Waals surface area contributed by atoms with E-state index in [2.05, 4.69) is 22.9 Å². The predicted octanol–water partition coefficient (Wildman–Crippen LogP) is 3.97. The van der Waals surface area contributed by atoms with Gasteiger partial charge in [-0.3, -0.25) is 0 Å². The Labute approximate surface area is 85.8 Å². The molecule has 0 unspecified atom stereocenters. The van der Waals surface area contributed by atoms with Crippen LogP contribution in [0.25, 0.3) is 11.1 Å². The largest absolute Gasteiger partial charge is 0.151 e. The molecule has 0 amide bonds. The second-order valence-electron chi connectivity index (χ2n) is 3.29. The second-order valence-corrected chi connectivity index (χ2v) is 4.47. The number of hydrogen-bond donors (Lipinski definition) is 0. The lowest BCUT2D eigenvalue weighted by molar-refractivity contribution is 1.28. The second kappa shape index (κ2) is 2.60. The number of halogens is 1. The first-order chi connectivity index (χ1) is 6.34. The Balaban J connectivity index is 2.29. The summed E-state index contributed by atoms with van der Waals surface area (Å²) in [5, 5.41) is 5.28. The minimum absolute atomic E-state index is 0.840. The topological polar surface area (TPSA) is 0 Å². The molecule has 0 radical (unpaired) electrons. The third kappa shape index (κ3) is 1.04. The van der Waals surface area contributed by atoms with E-state index in [0.717, 1.165) is 11.4 Å². The molecule has 1 aromatic carbocycles. The van der Waals surface area contributed by atoms with Gasteiger partial charge in [0.25, 0.3) is 0 Å². The molecule has 2 heteroatoms. The maximum atomic E-state index is 5.94. The molecule has 0 N–H and O–H groups in total. The Bertz CT molecular complexity index is 471. The fourth-order valence-electron chi connectivity index (χ4n) is 1.87. The van der Waals surface area contributed by atoms with Crippen molar-refractivity contribution < 1.29 is 0 Å². The van der Waals surface area contributed by atoms with Crippen molar-refractivity contribution in [3.63, 3.8) is 0 Å². The minimum atomic E-state index is 0.840. The van der Waals surface area contributed by atoms with E-state index < -0.39 is 0 Å². The summed E-state index contributed by atoms with van der Waals surface area (Å²) in [6.45, 7) is 0. The Hall–Kier alpha value is -0.790. The van der Waals surface area contributed by atoms with Crippen molar-refractivity contribution >= 4 is 22.9 Å². The van der Waals surface area contributed by atoms with Crippen molar-refractivity contribution in [1.82, 2.24) is 0 Å². The minimum Gasteiger partial charge on any atom is -0.151 e. The van der Waals surface area contributed by atoms with Gasteiger partial charge >= 0.3 is 0 Å². The van der Waals surface area contributed by atoms with Crippen LogP contribution in [-0.4, -0.2) is 0 Å². The third-order valence-electron chi connectivity index (χ3n) is 2.48. The first-order valence-corrected chi connectivity index (χ1v) is 5.50. The van der Waals surface area contributed by atoms with Crippen molar-refractivity contribution in [1.29, 1.82) is 0 Å². The van der Waals surface area contributed by atoms with Crippen molar-refractivity contribution in [2.24, 2.45) is 0 Å². The van der Waals surface area contributed by atoms with Gasteiger partial charge in [0.15, 0.2) is 0 Å². The lowest BCUT2D eigenvalue weighted by Gasteiger charge is -1.98. The number of rotatable bonds is 0. The molecule has 0 bridgehead atoms. The number of benzene rings is 1. The van der Waals surface area contributed by atoms with Gasteiger partial charge in [0, 0.05) is 5.02 Å². The first-order valence-electron chi connectivity index (χ1n) is 4.18. The summed E-state index contributed by atoms with van der Waals surface area (Å²) in [4.78, 5) is 0. The van der Waals surface area contributed by atoms with Crippen LogP contribution in [-0.2, 0) is 6.42 Å². The van der Waals surface area contributed by atoms with Crippen molar-refractivity contribution in [3.8, 4) is 11.1 Å². The first kappa shape index (κ1) is 7.60. The van der Waals surface area contributed by atoms with E-state index in [-0.39, 0.29) is 0 Å². The van der Waals surface area contributed by atoms with E-state index in [4.69, 9.17) is 11.6 Å². The highest BCUT2D eigenvalue weighted by Crippen LogP contribution is 2.39. The standard InChI is InChI=1S/C11H7ClS/c12-9-1-2-10-7(4-9)3-8-5-13-6-11(8)10/h1-2,4-6H,3H2. The zero-order valence-corrected chi connectivity index (χ0v) is 8.45. The quantitative estimate of drug-likeness (QED) is 0.522. The number of thiophene rings is 1. The van der Waals surface area contributed by atoms with Gasteiger partial charge in [0.2, 0.25) is 0 Å². The van der Waals surface area contributed by atoms with Crippen LogP contribution in [0.5, 0.6) is 0 Å². The number of hydrogen-bond acceptors (Lipinski definition) is 1. The maximum Gasteiger partial charge on any atom is 0.0409 e. The van der Waals surface area contributed by atoms with E-state index in [9.17, 15) is 0 Å². The van der Waals surface area contributed by atoms with Gasteiger partial charge in [-0.15, -0.1) is 0 Å². The van der Waals surface area contributed by atoms with E-state index in [0.29, 0.717) is 0 Å². The third-order valence-corrected chi connectivity index (χ3v) is 3.51. The van der Waals surface area contributed by atoms with Crippen molar-refractivity contribution in [2.45, 2.75) is 6.42 Å². The molecule has 3 rings (SSSR count). The lowest BCUT2D eigenvalue weighted by Crippen LogP contribution is -1.78. The van der Waals surface area contributed by atoms with Crippen LogP contribution < -0.4 is 0 Å². The summed E-state index contributed by atoms with van der Waals surface area (Å²) < 4.78 is 0. The normalized spacial score (nSPS) is 12.7. The summed E-state index contributed by atoms with van der Waals surface area (Å²) in [5.41, 5.74) is 5.57. The summed E-state index contributed by atoms with van der Waals surface area (Å²) in [5.74, 6) is 0. The molecule has 1 aromatic heterocycles. The summed E-state index contributed by atoms with van der Waals surface area (Å²) in [7, 11) is 0. The zero-order valence-electron chi connectivity index (χ0n) is 6.88. The molecule has 0 spiro atoms. The molecule has 64 valence electrons. The molecule has 2 aromatic rings. The molecule has 0 saturated carbocycles. The van der Waals surface area contributed by atoms with Crippen LogP contribution in [0.15, 0.2) is 29.0 Å². The highest BCUT2D eigenvalue weighted by molar-refractivity contribution is 7.08. The van der Waals surface area contributed by atoms with Crippen LogP contribution in [0, 0.1) is 0 Å². The Morgan fingerprint density at radius 2 is 2.00 bits per heavy atom. The average molecular weight is 207 g/mol. The fourth-order valence-corrected chi connectivity index (χ4v) is 2.92. The van der Waals surface area contributed by atoms with Gasteiger partial charge in [-0.25, -0.2) is 0 Å². The molecule has 1 aliphatic rings. The lowest BCUT2D eigenvalue weighted by atomic mass is 10.1. The zero-order chi connectivity index (χ0) is 8.84. The molecule has 0 nitrogen and oxygen atoms in total. The molecule has 13 heavy (non-hydrogen) atoms. The molecular formula is C11H7ClS. The van der Waals surface area contributed by atoms with Crippen LogP contribution in [0.3, 0.4) is 0 Å². The Morgan fingerprint density at radius 3 is 2.92 bits per heavy atom. The van der Waals surface area contributed by atoms with E-state index in [1.54, 1.807) is 11.3 Å². The molecule has 1 aliphatic carbocycles. The summed E-state index contributed by atoms with van der Waals surface area (Å²) in [6, 6.07) is 6.16. The Kier molecular flexibility index (Phi) is 1.52. The van der Waals surface area contributed by atoms with Crippen LogP contribution in [0.2, 0.25) is 5.02 Å². The molecule has 0 aliphatic heterocycles. The maximum absolute atomic E-state index is 5.94. The van der Waals surface area contributed by atoms with E-state index in [1.165, 1.54) is 22.3 Å². The molecular weight excluding hydrogens is 200 g/mol.